The van der Waals surface area contributed by atoms with Gasteiger partial charge in [0.2, 0.25) is 0 Å². The molecule has 1 amide bonds. The molecule has 0 saturated heterocycles. The Hall–Kier alpha value is -2.36. The molecule has 0 fully saturated rings. The van der Waals surface area contributed by atoms with Crippen LogP contribution >= 0.6 is 22.9 Å². The van der Waals surface area contributed by atoms with E-state index in [0.717, 1.165) is 5.56 Å². The Balaban J connectivity index is 1.96. The van der Waals surface area contributed by atoms with Gasteiger partial charge in [0.1, 0.15) is 11.6 Å². The highest BCUT2D eigenvalue weighted by atomic mass is 35.5. The predicted molar refractivity (Wildman–Crippen MR) is 82.7 cm³/mol. The number of amides is 1. The number of halogens is 1. The molecule has 1 aromatic carbocycles. The fourth-order valence-corrected chi connectivity index (χ4v) is 2.19. The van der Waals surface area contributed by atoms with Crippen molar-refractivity contribution >= 4 is 34.0 Å². The number of nitrogens with one attached hydrogen (secondary N) is 2. The van der Waals surface area contributed by atoms with Crippen molar-refractivity contribution in [3.63, 3.8) is 0 Å². The number of rotatable bonds is 5. The molecule has 0 spiro atoms. The Kier molecular flexibility index (Phi) is 5.32. The summed E-state index contributed by atoms with van der Waals surface area (Å²) in [5.74, 6) is -0.471. The van der Waals surface area contributed by atoms with Crippen molar-refractivity contribution in [1.82, 2.24) is 10.3 Å². The van der Waals surface area contributed by atoms with Crippen molar-refractivity contribution in [2.45, 2.75) is 6.54 Å². The second-order valence-corrected chi connectivity index (χ2v) is 5.23. The standard InChI is InChI=1S/C14H11ClN4OS/c15-12-4-2-1-3-10(12)8-18-13(20)11(7-16)9-19-14-17-5-6-21-14/h1-6,9H,8H2,(H,17,19)(H,18,20)/b11-9-. The van der Waals surface area contributed by atoms with Crippen LogP contribution in [-0.4, -0.2) is 10.9 Å². The number of hydrogen-bond donors (Lipinski definition) is 2. The molecule has 2 N–H and O–H groups in total. The molecular formula is C14H11ClN4OS. The highest BCUT2D eigenvalue weighted by molar-refractivity contribution is 7.13. The van der Waals surface area contributed by atoms with Crippen LogP contribution in [-0.2, 0) is 11.3 Å². The molecule has 0 saturated carbocycles. The second-order valence-electron chi connectivity index (χ2n) is 3.93. The predicted octanol–water partition coefficient (Wildman–Crippen LogP) is 2.93. The first-order chi connectivity index (χ1) is 10.2. The van der Waals surface area contributed by atoms with Crippen molar-refractivity contribution in [2.24, 2.45) is 0 Å². The molecule has 0 radical (unpaired) electrons. The monoisotopic (exact) mass is 318 g/mol. The lowest BCUT2D eigenvalue weighted by Crippen LogP contribution is -2.24. The van der Waals surface area contributed by atoms with Crippen LogP contribution in [0.1, 0.15) is 5.56 Å². The van der Waals surface area contributed by atoms with Gasteiger partial charge in [-0.25, -0.2) is 4.98 Å². The normalized spacial score (nSPS) is 10.8. The van der Waals surface area contributed by atoms with Crippen molar-refractivity contribution in [3.05, 3.63) is 58.2 Å². The van der Waals surface area contributed by atoms with E-state index in [1.54, 1.807) is 17.6 Å². The van der Waals surface area contributed by atoms with Gasteiger partial charge in [-0.3, -0.25) is 4.79 Å². The number of aromatic nitrogens is 1. The van der Waals surface area contributed by atoms with E-state index < -0.39 is 5.91 Å². The Morgan fingerprint density at radius 3 is 2.95 bits per heavy atom. The highest BCUT2D eigenvalue weighted by Gasteiger charge is 2.09. The van der Waals surface area contributed by atoms with E-state index >= 15 is 0 Å². The molecule has 1 aromatic heterocycles. The van der Waals surface area contributed by atoms with E-state index in [0.29, 0.717) is 10.2 Å². The summed E-state index contributed by atoms with van der Waals surface area (Å²) < 4.78 is 0. The summed E-state index contributed by atoms with van der Waals surface area (Å²) in [6.07, 6.45) is 2.96. The highest BCUT2D eigenvalue weighted by Crippen LogP contribution is 2.14. The van der Waals surface area contributed by atoms with Gasteiger partial charge in [-0.2, -0.15) is 5.26 Å². The molecule has 7 heteroatoms. The molecule has 1 heterocycles. The summed E-state index contributed by atoms with van der Waals surface area (Å²) in [5.41, 5.74) is 0.759. The Morgan fingerprint density at radius 1 is 1.48 bits per heavy atom. The van der Waals surface area contributed by atoms with Gasteiger partial charge in [0.25, 0.3) is 5.91 Å². The molecule has 0 aliphatic carbocycles. The SMILES string of the molecule is N#C/C(=C/Nc1nccs1)C(=O)NCc1ccccc1Cl. The van der Waals surface area contributed by atoms with Gasteiger partial charge < -0.3 is 10.6 Å². The zero-order valence-electron chi connectivity index (χ0n) is 10.8. The Bertz CT molecular complexity index is 691. The lowest BCUT2D eigenvalue weighted by Gasteiger charge is -2.06. The summed E-state index contributed by atoms with van der Waals surface area (Å²) in [6.45, 7) is 0.259. The number of benzene rings is 1. The molecular weight excluding hydrogens is 308 g/mol. The van der Waals surface area contributed by atoms with Crippen molar-refractivity contribution in [1.29, 1.82) is 5.26 Å². The average Bonchev–Trinajstić information content (AvgIpc) is 3.00. The quantitative estimate of drug-likeness (QED) is 0.656. The summed E-state index contributed by atoms with van der Waals surface area (Å²) in [4.78, 5) is 15.9. The van der Waals surface area contributed by atoms with Crippen LogP contribution in [0.4, 0.5) is 5.13 Å². The fraction of sp³-hybridized carbons (Fsp3) is 0.0714. The smallest absolute Gasteiger partial charge is 0.263 e. The third kappa shape index (κ3) is 4.31. The van der Waals surface area contributed by atoms with Crippen LogP contribution in [0.5, 0.6) is 0 Å². The van der Waals surface area contributed by atoms with Gasteiger partial charge in [0.15, 0.2) is 5.13 Å². The van der Waals surface area contributed by atoms with Crippen LogP contribution in [0.3, 0.4) is 0 Å². The average molecular weight is 319 g/mol. The number of nitrogens with zero attached hydrogens (tertiary/aromatic N) is 2. The molecule has 106 valence electrons. The van der Waals surface area contributed by atoms with Crippen molar-refractivity contribution in [3.8, 4) is 6.07 Å². The molecule has 5 nitrogen and oxygen atoms in total. The van der Waals surface area contributed by atoms with Gasteiger partial charge in [0, 0.05) is 29.3 Å². The minimum atomic E-state index is -0.471. The first-order valence-electron chi connectivity index (χ1n) is 5.98. The summed E-state index contributed by atoms with van der Waals surface area (Å²) in [6, 6.07) is 9.04. The maximum atomic E-state index is 11.9. The minimum Gasteiger partial charge on any atom is -0.347 e. The van der Waals surface area contributed by atoms with Gasteiger partial charge >= 0.3 is 0 Å². The van der Waals surface area contributed by atoms with E-state index in [2.05, 4.69) is 15.6 Å². The van der Waals surface area contributed by atoms with Gasteiger partial charge in [-0.15, -0.1) is 11.3 Å². The lowest BCUT2D eigenvalue weighted by atomic mass is 10.2. The van der Waals surface area contributed by atoms with Crippen LogP contribution in [0.15, 0.2) is 47.6 Å². The topological polar surface area (TPSA) is 77.8 Å². The number of carbonyl (C=O) groups is 1. The van der Waals surface area contributed by atoms with E-state index in [1.165, 1.54) is 17.5 Å². The van der Waals surface area contributed by atoms with Crippen LogP contribution in [0, 0.1) is 11.3 Å². The summed E-state index contributed by atoms with van der Waals surface area (Å²) in [7, 11) is 0. The molecule has 0 aliphatic rings. The largest absolute Gasteiger partial charge is 0.347 e. The zero-order chi connectivity index (χ0) is 15.1. The number of thiazole rings is 1. The van der Waals surface area contributed by atoms with E-state index in [1.807, 2.05) is 24.3 Å². The molecule has 21 heavy (non-hydrogen) atoms. The van der Waals surface area contributed by atoms with E-state index in [4.69, 9.17) is 16.9 Å². The van der Waals surface area contributed by atoms with E-state index in [-0.39, 0.29) is 12.1 Å². The third-order valence-corrected chi connectivity index (χ3v) is 3.61. The minimum absolute atomic E-state index is 0.0303. The second kappa shape index (κ2) is 7.43. The van der Waals surface area contributed by atoms with Crippen molar-refractivity contribution < 1.29 is 4.79 Å². The van der Waals surface area contributed by atoms with Crippen LogP contribution in [0.2, 0.25) is 5.02 Å². The zero-order valence-corrected chi connectivity index (χ0v) is 12.4. The van der Waals surface area contributed by atoms with Gasteiger partial charge in [0.05, 0.1) is 0 Å². The maximum Gasteiger partial charge on any atom is 0.263 e. The first kappa shape index (κ1) is 15.0. The Labute approximate surface area is 130 Å². The van der Waals surface area contributed by atoms with Crippen LogP contribution in [0.25, 0.3) is 0 Å². The number of nitriles is 1. The third-order valence-electron chi connectivity index (χ3n) is 2.53. The van der Waals surface area contributed by atoms with E-state index in [9.17, 15) is 4.79 Å². The summed E-state index contributed by atoms with van der Waals surface area (Å²) >= 11 is 7.37. The maximum absolute atomic E-state index is 11.9. The molecule has 0 aliphatic heterocycles. The fourth-order valence-electron chi connectivity index (χ4n) is 1.49. The first-order valence-corrected chi connectivity index (χ1v) is 7.24. The number of carbonyl (C=O) groups excluding carboxylic acids is 1. The van der Waals surface area contributed by atoms with Gasteiger partial charge in [-0.1, -0.05) is 29.8 Å². The molecule has 0 atom stereocenters. The van der Waals surface area contributed by atoms with Crippen LogP contribution < -0.4 is 10.6 Å². The molecule has 0 bridgehead atoms. The number of hydrogen-bond acceptors (Lipinski definition) is 5. The Morgan fingerprint density at radius 2 is 2.29 bits per heavy atom. The lowest BCUT2D eigenvalue weighted by molar-refractivity contribution is -0.117. The molecule has 2 rings (SSSR count). The summed E-state index contributed by atoms with van der Waals surface area (Å²) in [5, 5.41) is 17.4. The number of anilines is 1. The molecule has 2 aromatic rings. The molecule has 0 unspecified atom stereocenters. The van der Waals surface area contributed by atoms with Crippen molar-refractivity contribution in [2.75, 3.05) is 5.32 Å². The van der Waals surface area contributed by atoms with Gasteiger partial charge in [-0.05, 0) is 11.6 Å².